The summed E-state index contributed by atoms with van der Waals surface area (Å²) >= 11 is 1.79. The van der Waals surface area contributed by atoms with Crippen molar-refractivity contribution in [1.29, 1.82) is 0 Å². The quantitative estimate of drug-likeness (QED) is 0.211. The summed E-state index contributed by atoms with van der Waals surface area (Å²) in [4.78, 5) is 0. The zero-order valence-corrected chi connectivity index (χ0v) is 23.0. The number of rotatable bonds is 3. The summed E-state index contributed by atoms with van der Waals surface area (Å²) in [6.45, 7) is 0. The van der Waals surface area contributed by atoms with Crippen LogP contribution < -0.4 is 0 Å². The number of thiophene rings is 1. The van der Waals surface area contributed by atoms with Gasteiger partial charge in [-0.15, -0.1) is 11.3 Å². The van der Waals surface area contributed by atoms with Crippen LogP contribution in [0.1, 0.15) is 0 Å². The fourth-order valence-electron chi connectivity index (χ4n) is 6.53. The van der Waals surface area contributed by atoms with Crippen molar-refractivity contribution in [2.24, 2.45) is 0 Å². The van der Waals surface area contributed by atoms with Crippen LogP contribution in [0.5, 0.6) is 0 Å². The van der Waals surface area contributed by atoms with E-state index in [1.165, 1.54) is 76.2 Å². The van der Waals surface area contributed by atoms with Gasteiger partial charge >= 0.3 is 0 Å². The lowest BCUT2D eigenvalue weighted by atomic mass is 10.0. The molecule has 2 nitrogen and oxygen atoms in total. The summed E-state index contributed by atoms with van der Waals surface area (Å²) in [5, 5.41) is 8.55. The highest BCUT2D eigenvalue weighted by Gasteiger charge is 2.16. The molecule has 3 heterocycles. The molecule has 192 valence electrons. The number of benzene rings is 6. The second kappa shape index (κ2) is 8.69. The van der Waals surface area contributed by atoms with Gasteiger partial charge < -0.3 is 9.13 Å². The van der Waals surface area contributed by atoms with Gasteiger partial charge in [0.05, 0.1) is 22.1 Å². The van der Waals surface area contributed by atoms with E-state index >= 15 is 0 Å². The molecule has 6 aromatic carbocycles. The molecule has 0 aliphatic rings. The van der Waals surface area contributed by atoms with Crippen molar-refractivity contribution in [2.45, 2.75) is 0 Å². The number of hydrogen-bond acceptors (Lipinski definition) is 1. The van der Waals surface area contributed by atoms with E-state index in [2.05, 4.69) is 154 Å². The molecule has 0 bridgehead atoms. The highest BCUT2D eigenvalue weighted by Crippen LogP contribution is 2.38. The van der Waals surface area contributed by atoms with Crippen LogP contribution in [-0.2, 0) is 0 Å². The number of hydrogen-bond donors (Lipinski definition) is 0. The van der Waals surface area contributed by atoms with Crippen molar-refractivity contribution in [3.05, 3.63) is 145 Å². The third-order valence-electron chi connectivity index (χ3n) is 8.39. The molecule has 0 spiro atoms. The molecule has 0 amide bonds. The van der Waals surface area contributed by atoms with E-state index in [1.54, 1.807) is 11.3 Å². The van der Waals surface area contributed by atoms with Crippen molar-refractivity contribution in [2.75, 3.05) is 0 Å². The topological polar surface area (TPSA) is 9.86 Å². The van der Waals surface area contributed by atoms with Gasteiger partial charge in [-0.2, -0.15) is 0 Å². The van der Waals surface area contributed by atoms with E-state index in [0.717, 1.165) is 0 Å². The van der Waals surface area contributed by atoms with Gasteiger partial charge in [-0.1, -0.05) is 66.7 Å². The smallest absolute Gasteiger partial charge is 0.0541 e. The molecule has 0 saturated heterocycles. The first-order valence-corrected chi connectivity index (χ1v) is 14.8. The molecule has 0 fully saturated rings. The molecule has 0 aliphatic heterocycles. The number of aromatic nitrogens is 2. The van der Waals surface area contributed by atoms with Gasteiger partial charge in [0.15, 0.2) is 0 Å². The third-order valence-corrected chi connectivity index (χ3v) is 9.28. The average Bonchev–Trinajstić information content (AvgIpc) is 3.73. The zero-order chi connectivity index (χ0) is 26.9. The second-order valence-corrected chi connectivity index (χ2v) is 11.6. The van der Waals surface area contributed by atoms with Crippen LogP contribution in [-0.4, -0.2) is 9.13 Å². The molecular formula is C38H24N2S. The summed E-state index contributed by atoms with van der Waals surface area (Å²) in [6.07, 6.45) is 0. The van der Waals surface area contributed by atoms with Gasteiger partial charge in [-0.25, -0.2) is 0 Å². The molecule has 41 heavy (non-hydrogen) atoms. The van der Waals surface area contributed by atoms with Crippen LogP contribution in [0.15, 0.2) is 145 Å². The molecule has 0 saturated carbocycles. The van der Waals surface area contributed by atoms with Crippen molar-refractivity contribution < 1.29 is 0 Å². The minimum absolute atomic E-state index is 1.18. The molecule has 9 aromatic rings. The molecule has 0 N–H and O–H groups in total. The first-order chi connectivity index (χ1) is 20.3. The standard InChI is InChI=1S/C38H24N2S/c1-2-8-28(9-3-1)39-34-12-6-4-10-30(34)32-23-25(14-17-36(32)39)26-15-18-37-33(24-26)31-11-5-7-13-35(31)40(37)29-16-19-38-27(22-29)20-21-41-38/h1-24H. The Bertz CT molecular complexity index is 2420. The van der Waals surface area contributed by atoms with Crippen molar-refractivity contribution in [3.8, 4) is 22.5 Å². The summed E-state index contributed by atoms with van der Waals surface area (Å²) in [7, 11) is 0. The Hall–Kier alpha value is -5.12. The van der Waals surface area contributed by atoms with Crippen LogP contribution in [0.25, 0.3) is 76.2 Å². The highest BCUT2D eigenvalue weighted by atomic mass is 32.1. The van der Waals surface area contributed by atoms with Gasteiger partial charge in [-0.05, 0) is 94.7 Å². The summed E-state index contributed by atoms with van der Waals surface area (Å²) in [6, 6.07) is 51.0. The van der Waals surface area contributed by atoms with Crippen molar-refractivity contribution >= 4 is 65.0 Å². The summed E-state index contributed by atoms with van der Waals surface area (Å²) in [5.41, 5.74) is 9.75. The lowest BCUT2D eigenvalue weighted by molar-refractivity contribution is 1.18. The number of nitrogens with zero attached hydrogens (tertiary/aromatic N) is 2. The van der Waals surface area contributed by atoms with Crippen LogP contribution >= 0.6 is 11.3 Å². The lowest BCUT2D eigenvalue weighted by Gasteiger charge is -2.09. The zero-order valence-electron chi connectivity index (χ0n) is 22.2. The maximum atomic E-state index is 2.40. The molecule has 0 atom stereocenters. The fraction of sp³-hybridized carbons (Fsp3) is 0. The van der Waals surface area contributed by atoms with Crippen molar-refractivity contribution in [3.63, 3.8) is 0 Å². The fourth-order valence-corrected chi connectivity index (χ4v) is 7.30. The highest BCUT2D eigenvalue weighted by molar-refractivity contribution is 7.17. The second-order valence-electron chi connectivity index (χ2n) is 10.6. The predicted molar refractivity (Wildman–Crippen MR) is 176 cm³/mol. The Morgan fingerprint density at radius 1 is 0.390 bits per heavy atom. The van der Waals surface area contributed by atoms with E-state index in [9.17, 15) is 0 Å². The molecule has 9 rings (SSSR count). The molecule has 3 heteroatoms. The van der Waals surface area contributed by atoms with Gasteiger partial charge in [0.2, 0.25) is 0 Å². The Morgan fingerprint density at radius 3 is 1.61 bits per heavy atom. The number of para-hydroxylation sites is 3. The largest absolute Gasteiger partial charge is 0.309 e. The van der Waals surface area contributed by atoms with E-state index in [0.29, 0.717) is 0 Å². The van der Waals surface area contributed by atoms with Gasteiger partial charge in [-0.3, -0.25) is 0 Å². The lowest BCUT2D eigenvalue weighted by Crippen LogP contribution is -1.93. The van der Waals surface area contributed by atoms with Crippen LogP contribution in [0, 0.1) is 0 Å². The molecule has 0 aliphatic carbocycles. The van der Waals surface area contributed by atoms with Gasteiger partial charge in [0.25, 0.3) is 0 Å². The Labute approximate surface area is 240 Å². The monoisotopic (exact) mass is 540 g/mol. The van der Waals surface area contributed by atoms with Crippen LogP contribution in [0.2, 0.25) is 0 Å². The minimum Gasteiger partial charge on any atom is -0.309 e. The van der Waals surface area contributed by atoms with Crippen LogP contribution in [0.3, 0.4) is 0 Å². The van der Waals surface area contributed by atoms with Gasteiger partial charge in [0, 0.05) is 37.6 Å². The average molecular weight is 541 g/mol. The minimum atomic E-state index is 1.18. The summed E-state index contributed by atoms with van der Waals surface area (Å²) < 4.78 is 6.10. The Morgan fingerprint density at radius 2 is 0.951 bits per heavy atom. The summed E-state index contributed by atoms with van der Waals surface area (Å²) in [5.74, 6) is 0. The molecular weight excluding hydrogens is 516 g/mol. The molecule has 3 aromatic heterocycles. The van der Waals surface area contributed by atoms with E-state index in [1.807, 2.05) is 0 Å². The maximum Gasteiger partial charge on any atom is 0.0541 e. The SMILES string of the molecule is c1ccc(-n2c3ccccc3c3cc(-c4ccc5c(c4)c4ccccc4n5-c4ccc5sccc5c4)ccc32)cc1. The number of fused-ring (bicyclic) bond motifs is 7. The maximum absolute atomic E-state index is 2.40. The molecule has 0 radical (unpaired) electrons. The van der Waals surface area contributed by atoms with E-state index in [-0.39, 0.29) is 0 Å². The third kappa shape index (κ3) is 3.36. The van der Waals surface area contributed by atoms with Crippen molar-refractivity contribution in [1.82, 2.24) is 9.13 Å². The normalized spacial score (nSPS) is 11.9. The van der Waals surface area contributed by atoms with Crippen LogP contribution in [0.4, 0.5) is 0 Å². The predicted octanol–water partition coefficient (Wildman–Crippen LogP) is 10.8. The van der Waals surface area contributed by atoms with E-state index < -0.39 is 0 Å². The van der Waals surface area contributed by atoms with E-state index in [4.69, 9.17) is 0 Å². The van der Waals surface area contributed by atoms with Gasteiger partial charge in [0.1, 0.15) is 0 Å². The molecule has 0 unspecified atom stereocenters. The Balaban J connectivity index is 1.26. The Kier molecular flexibility index (Phi) is 4.80. The first kappa shape index (κ1) is 22.7. The first-order valence-electron chi connectivity index (χ1n) is 13.9.